The normalized spacial score (nSPS) is 19.7. The SMILES string of the molecule is CC[C@@H](C)N(C(=O)CC1CC1)[C@H](C)CC. The van der Waals surface area contributed by atoms with Crippen LogP contribution in [0.25, 0.3) is 0 Å². The van der Waals surface area contributed by atoms with Crippen molar-refractivity contribution in [2.45, 2.75) is 71.9 Å². The van der Waals surface area contributed by atoms with E-state index in [2.05, 4.69) is 32.6 Å². The number of nitrogens with zero attached hydrogens (tertiary/aromatic N) is 1. The van der Waals surface area contributed by atoms with Gasteiger partial charge in [-0.3, -0.25) is 4.79 Å². The fraction of sp³-hybridized carbons (Fsp3) is 0.923. The molecule has 2 atom stereocenters. The van der Waals surface area contributed by atoms with Gasteiger partial charge in [-0.15, -0.1) is 0 Å². The predicted octanol–water partition coefficient (Wildman–Crippen LogP) is 3.21. The van der Waals surface area contributed by atoms with Gasteiger partial charge in [-0.2, -0.15) is 0 Å². The van der Waals surface area contributed by atoms with Gasteiger partial charge >= 0.3 is 0 Å². The van der Waals surface area contributed by atoms with Crippen molar-refractivity contribution in [1.29, 1.82) is 0 Å². The zero-order valence-corrected chi connectivity index (χ0v) is 10.6. The zero-order valence-electron chi connectivity index (χ0n) is 10.6. The molecule has 15 heavy (non-hydrogen) atoms. The molecule has 1 aliphatic rings. The van der Waals surface area contributed by atoms with E-state index in [1.54, 1.807) is 0 Å². The van der Waals surface area contributed by atoms with E-state index in [0.29, 0.717) is 23.9 Å². The van der Waals surface area contributed by atoms with Gasteiger partial charge in [0, 0.05) is 18.5 Å². The van der Waals surface area contributed by atoms with Crippen LogP contribution in [0.4, 0.5) is 0 Å². The van der Waals surface area contributed by atoms with Gasteiger partial charge < -0.3 is 4.90 Å². The summed E-state index contributed by atoms with van der Waals surface area (Å²) in [5.41, 5.74) is 0. The van der Waals surface area contributed by atoms with Gasteiger partial charge in [0.2, 0.25) is 5.91 Å². The summed E-state index contributed by atoms with van der Waals surface area (Å²) < 4.78 is 0. The molecule has 1 saturated carbocycles. The van der Waals surface area contributed by atoms with Gasteiger partial charge in [0.05, 0.1) is 0 Å². The molecule has 2 nitrogen and oxygen atoms in total. The first kappa shape index (κ1) is 12.5. The second-order valence-corrected chi connectivity index (χ2v) is 4.96. The van der Waals surface area contributed by atoms with Gasteiger partial charge in [0.25, 0.3) is 0 Å². The summed E-state index contributed by atoms with van der Waals surface area (Å²) in [5.74, 6) is 1.08. The van der Waals surface area contributed by atoms with E-state index in [9.17, 15) is 4.79 Å². The van der Waals surface area contributed by atoms with Crippen molar-refractivity contribution in [1.82, 2.24) is 4.90 Å². The average molecular weight is 211 g/mol. The molecular formula is C13H25NO. The molecule has 1 fully saturated rings. The van der Waals surface area contributed by atoms with Crippen LogP contribution in [-0.2, 0) is 4.79 Å². The smallest absolute Gasteiger partial charge is 0.223 e. The molecule has 0 bridgehead atoms. The maximum atomic E-state index is 12.1. The highest BCUT2D eigenvalue weighted by atomic mass is 16.2. The van der Waals surface area contributed by atoms with E-state index in [1.807, 2.05) is 0 Å². The summed E-state index contributed by atoms with van der Waals surface area (Å²) in [4.78, 5) is 14.2. The molecule has 0 aromatic heterocycles. The van der Waals surface area contributed by atoms with Gasteiger partial charge in [-0.05, 0) is 45.4 Å². The van der Waals surface area contributed by atoms with Gasteiger partial charge in [0.1, 0.15) is 0 Å². The summed E-state index contributed by atoms with van der Waals surface area (Å²) in [6, 6.07) is 0.789. The molecule has 1 aliphatic carbocycles. The molecule has 0 radical (unpaired) electrons. The minimum Gasteiger partial charge on any atom is -0.337 e. The molecule has 0 unspecified atom stereocenters. The second kappa shape index (κ2) is 5.53. The molecule has 0 heterocycles. The number of hydrogen-bond donors (Lipinski definition) is 0. The van der Waals surface area contributed by atoms with E-state index >= 15 is 0 Å². The standard InChI is InChI=1S/C13H25NO/c1-5-10(3)14(11(4)6-2)13(15)9-12-7-8-12/h10-12H,5-9H2,1-4H3/t10-,11-/m1/s1. The van der Waals surface area contributed by atoms with Crippen molar-refractivity contribution in [3.63, 3.8) is 0 Å². The summed E-state index contributed by atoms with van der Waals surface area (Å²) in [6.45, 7) is 8.64. The van der Waals surface area contributed by atoms with E-state index in [4.69, 9.17) is 0 Å². The molecule has 0 aromatic carbocycles. The topological polar surface area (TPSA) is 20.3 Å². The van der Waals surface area contributed by atoms with Crippen LogP contribution >= 0.6 is 0 Å². The highest BCUT2D eigenvalue weighted by molar-refractivity contribution is 5.77. The molecule has 0 N–H and O–H groups in total. The van der Waals surface area contributed by atoms with Crippen LogP contribution in [0.3, 0.4) is 0 Å². The summed E-state index contributed by atoms with van der Waals surface area (Å²) in [6.07, 6.45) is 5.43. The molecule has 88 valence electrons. The average Bonchev–Trinajstić information content (AvgIpc) is 3.01. The van der Waals surface area contributed by atoms with Crippen LogP contribution in [0.2, 0.25) is 0 Å². The highest BCUT2D eigenvalue weighted by Gasteiger charge is 2.30. The van der Waals surface area contributed by atoms with E-state index in [0.717, 1.165) is 19.3 Å². The lowest BCUT2D eigenvalue weighted by molar-refractivity contribution is -0.136. The van der Waals surface area contributed by atoms with Crippen LogP contribution in [0.5, 0.6) is 0 Å². The largest absolute Gasteiger partial charge is 0.337 e. The van der Waals surface area contributed by atoms with Crippen molar-refractivity contribution in [3.8, 4) is 0 Å². The van der Waals surface area contributed by atoms with E-state index in [-0.39, 0.29) is 0 Å². The first-order chi connectivity index (χ1) is 7.10. The molecule has 0 saturated heterocycles. The summed E-state index contributed by atoms with van der Waals surface area (Å²) in [7, 11) is 0. The Morgan fingerprint density at radius 2 is 1.67 bits per heavy atom. The minimum atomic E-state index is 0.376. The Hall–Kier alpha value is -0.530. The Balaban J connectivity index is 2.56. The molecule has 0 aliphatic heterocycles. The Labute approximate surface area is 94.0 Å². The van der Waals surface area contributed by atoms with E-state index in [1.165, 1.54) is 12.8 Å². The van der Waals surface area contributed by atoms with Crippen molar-refractivity contribution >= 4 is 5.91 Å². The zero-order chi connectivity index (χ0) is 11.4. The minimum absolute atomic E-state index is 0.376. The van der Waals surface area contributed by atoms with Crippen LogP contribution in [0.1, 0.15) is 59.8 Å². The van der Waals surface area contributed by atoms with Crippen LogP contribution in [0.15, 0.2) is 0 Å². The summed E-state index contributed by atoms with van der Waals surface area (Å²) >= 11 is 0. The first-order valence-corrected chi connectivity index (χ1v) is 6.41. The molecular weight excluding hydrogens is 186 g/mol. The Bertz CT molecular complexity index is 201. The maximum Gasteiger partial charge on any atom is 0.223 e. The maximum absolute atomic E-state index is 12.1. The number of rotatable bonds is 6. The third-order valence-electron chi connectivity index (χ3n) is 3.58. The Morgan fingerprint density at radius 1 is 1.20 bits per heavy atom. The highest BCUT2D eigenvalue weighted by Crippen LogP contribution is 2.33. The molecule has 2 heteroatoms. The molecule has 1 amide bonds. The van der Waals surface area contributed by atoms with Crippen molar-refractivity contribution in [3.05, 3.63) is 0 Å². The number of hydrogen-bond acceptors (Lipinski definition) is 1. The van der Waals surface area contributed by atoms with Crippen molar-refractivity contribution in [2.75, 3.05) is 0 Å². The Morgan fingerprint density at radius 3 is 2.00 bits per heavy atom. The predicted molar refractivity (Wildman–Crippen MR) is 63.7 cm³/mol. The van der Waals surface area contributed by atoms with Crippen molar-refractivity contribution in [2.24, 2.45) is 5.92 Å². The van der Waals surface area contributed by atoms with Crippen LogP contribution in [0, 0.1) is 5.92 Å². The number of carbonyl (C=O) groups excluding carboxylic acids is 1. The molecule has 1 rings (SSSR count). The lowest BCUT2D eigenvalue weighted by Crippen LogP contribution is -2.44. The van der Waals surface area contributed by atoms with Gasteiger partial charge in [0.15, 0.2) is 0 Å². The summed E-state index contributed by atoms with van der Waals surface area (Å²) in [5, 5.41) is 0. The molecule has 0 aromatic rings. The van der Waals surface area contributed by atoms with Crippen LogP contribution in [-0.4, -0.2) is 22.9 Å². The van der Waals surface area contributed by atoms with E-state index < -0.39 is 0 Å². The number of amides is 1. The third kappa shape index (κ3) is 3.51. The fourth-order valence-electron chi connectivity index (χ4n) is 1.99. The third-order valence-corrected chi connectivity index (χ3v) is 3.58. The monoisotopic (exact) mass is 211 g/mol. The fourth-order valence-corrected chi connectivity index (χ4v) is 1.99. The second-order valence-electron chi connectivity index (χ2n) is 4.96. The number of carbonyl (C=O) groups is 1. The van der Waals surface area contributed by atoms with Crippen molar-refractivity contribution < 1.29 is 4.79 Å². The Kier molecular flexibility index (Phi) is 4.62. The van der Waals surface area contributed by atoms with Crippen LogP contribution < -0.4 is 0 Å². The lowest BCUT2D eigenvalue weighted by Gasteiger charge is -2.34. The molecule has 0 spiro atoms. The first-order valence-electron chi connectivity index (χ1n) is 6.41. The van der Waals surface area contributed by atoms with Gasteiger partial charge in [-0.1, -0.05) is 13.8 Å². The quantitative estimate of drug-likeness (QED) is 0.660. The van der Waals surface area contributed by atoms with Gasteiger partial charge in [-0.25, -0.2) is 0 Å². The lowest BCUT2D eigenvalue weighted by atomic mass is 10.1.